The number of nitrogens with zero attached hydrogens (tertiary/aromatic N) is 3. The Morgan fingerprint density at radius 3 is 2.28 bits per heavy atom. The molecule has 0 aromatic rings. The quantitative estimate of drug-likeness (QED) is 0.366. The fourth-order valence-corrected chi connectivity index (χ4v) is 9.42. The molecule has 0 spiro atoms. The molecule has 0 bridgehead atoms. The Labute approximate surface area is 258 Å². The van der Waals surface area contributed by atoms with E-state index in [1.165, 1.54) is 43.4 Å². The number of likely N-dealkylation sites (N-methyl/N-ethyl adjacent to an activating group) is 2. The van der Waals surface area contributed by atoms with Crippen molar-refractivity contribution < 1.29 is 19.5 Å². The lowest BCUT2D eigenvalue weighted by Gasteiger charge is -2.64. The Kier molecular flexibility index (Phi) is 8.38. The van der Waals surface area contributed by atoms with Gasteiger partial charge in [0.25, 0.3) is 0 Å². The number of aliphatic hydroxyl groups excluding tert-OH is 1. The topological polar surface area (TPSA) is 81.2 Å². The van der Waals surface area contributed by atoms with Gasteiger partial charge >= 0.3 is 11.8 Å². The minimum Gasteiger partial charge on any atom is -0.504 e. The fraction of sp³-hybridized carbons (Fsp3) is 0.694. The van der Waals surface area contributed by atoms with Crippen LogP contribution in [0.3, 0.4) is 0 Å². The first-order valence-corrected chi connectivity index (χ1v) is 16.4. The van der Waals surface area contributed by atoms with Crippen molar-refractivity contribution in [3.05, 3.63) is 46.3 Å². The Hall–Kier alpha value is -2.67. The van der Waals surface area contributed by atoms with Crippen LogP contribution < -0.4 is 0 Å². The van der Waals surface area contributed by atoms with Crippen molar-refractivity contribution in [2.45, 2.75) is 79.6 Å². The van der Waals surface area contributed by atoms with Crippen LogP contribution in [0.4, 0.5) is 0 Å². The molecule has 6 aliphatic rings. The summed E-state index contributed by atoms with van der Waals surface area (Å²) >= 11 is 0. The van der Waals surface area contributed by atoms with Crippen molar-refractivity contribution in [1.82, 2.24) is 14.7 Å². The molecule has 3 saturated carbocycles. The lowest BCUT2D eigenvalue weighted by atomic mass is 9.40. The third-order valence-electron chi connectivity index (χ3n) is 12.4. The lowest BCUT2D eigenvalue weighted by Crippen LogP contribution is -2.55. The zero-order valence-corrected chi connectivity index (χ0v) is 27.8. The van der Waals surface area contributed by atoms with Crippen molar-refractivity contribution in [3.8, 4) is 0 Å². The second kappa shape index (κ2) is 11.4. The highest BCUT2D eigenvalue weighted by Crippen LogP contribution is 2.69. The highest BCUT2D eigenvalue weighted by Gasteiger charge is 2.60. The largest absolute Gasteiger partial charge is 0.504 e. The number of hydrogen-bond donors (Lipinski definition) is 1. The van der Waals surface area contributed by atoms with Crippen LogP contribution in [0.2, 0.25) is 0 Å². The molecule has 0 radical (unpaired) electrons. The monoisotopic (exact) mass is 591 g/mol. The van der Waals surface area contributed by atoms with Crippen LogP contribution >= 0.6 is 0 Å². The Bertz CT molecular complexity index is 1320. The summed E-state index contributed by atoms with van der Waals surface area (Å²) in [5.74, 6) is 1.31. The zero-order chi connectivity index (χ0) is 31.5. The van der Waals surface area contributed by atoms with Crippen LogP contribution in [-0.2, 0) is 14.4 Å². The maximum atomic E-state index is 12.5. The van der Waals surface area contributed by atoms with Crippen LogP contribution in [0.25, 0.3) is 0 Å². The van der Waals surface area contributed by atoms with Crippen molar-refractivity contribution in [2.24, 2.45) is 34.0 Å². The summed E-state index contributed by atoms with van der Waals surface area (Å²) in [6.07, 6.45) is 15.5. The summed E-state index contributed by atoms with van der Waals surface area (Å²) < 4.78 is 0. The summed E-state index contributed by atoms with van der Waals surface area (Å²) in [6.45, 7) is 14.8. The first-order valence-electron chi connectivity index (χ1n) is 16.4. The third-order valence-corrected chi connectivity index (χ3v) is 12.4. The second-order valence-electron chi connectivity index (χ2n) is 15.4. The molecular formula is C36H53N3O4. The minimum atomic E-state index is -0.436. The number of allylic oxidation sites excluding steroid dienone is 7. The molecule has 6 atom stereocenters. The molecule has 236 valence electrons. The van der Waals surface area contributed by atoms with Gasteiger partial charge in [-0.25, -0.2) is 0 Å². The van der Waals surface area contributed by atoms with Crippen LogP contribution in [-0.4, -0.2) is 84.7 Å². The molecular weight excluding hydrogens is 538 g/mol. The standard InChI is InChI=1S/C27H36O2.C9H17N3O2/c1-16-8-10-25(3)12-13-27(5)19(21(25)14-16)9-11-26(4)20-15-22(28)24(29)17(2)18(20)6-7-23(26)27;1-10(2)8(13)9(14)12-6-4-11(3)5-7-12/h6-7,15-16,19,21,29H,8-14H2,1-5H3;4-7H2,1-3H3. The molecule has 7 nitrogen and oxygen atoms in total. The Morgan fingerprint density at radius 1 is 0.953 bits per heavy atom. The number of amides is 2. The SMILES string of the molecule is CC1=C(O)C(=O)C=C2C1=CC=C1C2(C)CCC2C3CC(C)CCC3(C)CCC12C.CN1CCN(C(=O)C(=O)N(C)C)CC1. The molecule has 5 aliphatic carbocycles. The van der Waals surface area contributed by atoms with E-state index in [9.17, 15) is 19.5 Å². The van der Waals surface area contributed by atoms with Crippen molar-refractivity contribution in [3.63, 3.8) is 0 Å². The summed E-state index contributed by atoms with van der Waals surface area (Å²) in [6, 6.07) is 0. The van der Waals surface area contributed by atoms with Gasteiger partial charge in [-0.1, -0.05) is 51.8 Å². The first kappa shape index (κ1) is 31.7. The molecule has 6 unspecified atom stereocenters. The Balaban J connectivity index is 0.000000222. The van der Waals surface area contributed by atoms with E-state index in [1.807, 2.05) is 14.0 Å². The summed E-state index contributed by atoms with van der Waals surface area (Å²) in [5, 5.41) is 10.2. The van der Waals surface area contributed by atoms with Crippen LogP contribution in [0.15, 0.2) is 46.3 Å². The molecule has 6 rings (SSSR count). The van der Waals surface area contributed by atoms with Gasteiger partial charge in [-0.15, -0.1) is 0 Å². The number of rotatable bonds is 0. The van der Waals surface area contributed by atoms with Crippen LogP contribution in [0.1, 0.15) is 79.6 Å². The number of fused-ring (bicyclic) bond motifs is 7. The number of ketones is 1. The maximum absolute atomic E-state index is 12.5. The first-order chi connectivity index (χ1) is 20.1. The Morgan fingerprint density at radius 2 is 1.63 bits per heavy atom. The number of piperazine rings is 1. The average Bonchev–Trinajstić information content (AvgIpc) is 2.97. The zero-order valence-electron chi connectivity index (χ0n) is 27.8. The molecule has 1 N–H and O–H groups in total. The van der Waals surface area contributed by atoms with E-state index < -0.39 is 5.91 Å². The normalized spacial score (nSPS) is 37.3. The van der Waals surface area contributed by atoms with Crippen LogP contribution in [0.5, 0.6) is 0 Å². The molecule has 1 saturated heterocycles. The second-order valence-corrected chi connectivity index (χ2v) is 15.4. The molecule has 0 aromatic carbocycles. The minimum absolute atomic E-state index is 0.0787. The average molecular weight is 592 g/mol. The number of aliphatic hydroxyl groups is 1. The summed E-state index contributed by atoms with van der Waals surface area (Å²) in [7, 11) is 5.20. The van der Waals surface area contributed by atoms with E-state index in [1.54, 1.807) is 30.6 Å². The molecule has 0 aromatic heterocycles. The highest BCUT2D eigenvalue weighted by molar-refractivity contribution is 6.34. The number of hydrogen-bond acceptors (Lipinski definition) is 5. The van der Waals surface area contributed by atoms with Gasteiger partial charge in [0.05, 0.1) is 0 Å². The summed E-state index contributed by atoms with van der Waals surface area (Å²) in [5.41, 5.74) is 5.18. The smallest absolute Gasteiger partial charge is 0.312 e. The van der Waals surface area contributed by atoms with Gasteiger partial charge in [-0.05, 0) is 98.3 Å². The fourth-order valence-electron chi connectivity index (χ4n) is 9.42. The van der Waals surface area contributed by atoms with Gasteiger partial charge in [-0.3, -0.25) is 14.4 Å². The number of carbonyl (C=O) groups excluding carboxylic acids is 3. The van der Waals surface area contributed by atoms with Crippen molar-refractivity contribution in [2.75, 3.05) is 47.3 Å². The van der Waals surface area contributed by atoms with Gasteiger partial charge in [0.1, 0.15) is 0 Å². The number of carbonyl (C=O) groups is 3. The van der Waals surface area contributed by atoms with Crippen molar-refractivity contribution in [1.29, 1.82) is 0 Å². The highest BCUT2D eigenvalue weighted by atomic mass is 16.3. The molecule has 7 heteroatoms. The van der Waals surface area contributed by atoms with Crippen molar-refractivity contribution >= 4 is 17.6 Å². The third kappa shape index (κ3) is 5.34. The molecule has 43 heavy (non-hydrogen) atoms. The molecule has 2 amide bonds. The van der Waals surface area contributed by atoms with E-state index in [-0.39, 0.29) is 28.3 Å². The predicted octanol–water partition coefficient (Wildman–Crippen LogP) is 5.70. The van der Waals surface area contributed by atoms with E-state index in [4.69, 9.17) is 0 Å². The van der Waals surface area contributed by atoms with E-state index >= 15 is 0 Å². The van der Waals surface area contributed by atoms with Gasteiger partial charge in [0, 0.05) is 51.3 Å². The lowest BCUT2D eigenvalue weighted by molar-refractivity contribution is -0.151. The molecule has 1 aliphatic heterocycles. The van der Waals surface area contributed by atoms with Crippen LogP contribution in [0, 0.1) is 34.0 Å². The van der Waals surface area contributed by atoms with Gasteiger partial charge in [0.15, 0.2) is 5.76 Å². The maximum Gasteiger partial charge on any atom is 0.312 e. The van der Waals surface area contributed by atoms with E-state index in [2.05, 4.69) is 44.7 Å². The van der Waals surface area contributed by atoms with E-state index in [0.29, 0.717) is 18.5 Å². The van der Waals surface area contributed by atoms with Gasteiger partial charge < -0.3 is 19.8 Å². The van der Waals surface area contributed by atoms with Gasteiger partial charge in [0.2, 0.25) is 5.78 Å². The predicted molar refractivity (Wildman–Crippen MR) is 170 cm³/mol. The van der Waals surface area contributed by atoms with E-state index in [0.717, 1.165) is 54.0 Å². The summed E-state index contributed by atoms with van der Waals surface area (Å²) in [4.78, 5) is 40.5. The molecule has 4 fully saturated rings. The van der Waals surface area contributed by atoms with Gasteiger partial charge in [-0.2, -0.15) is 0 Å². The molecule has 1 heterocycles.